The zero-order chi connectivity index (χ0) is 15.6. The van der Waals surface area contributed by atoms with Crippen LogP contribution in [0.25, 0.3) is 10.8 Å². The van der Waals surface area contributed by atoms with Crippen molar-refractivity contribution < 1.29 is 8.78 Å². The maximum atomic E-state index is 14.3. The number of aromatic nitrogens is 1. The van der Waals surface area contributed by atoms with Crippen LogP contribution >= 0.6 is 0 Å². The SMILES string of the molecule is CC.CC.CC1(C)c2cncc3cccc(c23)C1(F)F. The summed E-state index contributed by atoms with van der Waals surface area (Å²) in [6.45, 7) is 11.1. The van der Waals surface area contributed by atoms with Gasteiger partial charge in [-0.1, -0.05) is 45.9 Å². The van der Waals surface area contributed by atoms with Crippen LogP contribution < -0.4 is 0 Å². The Morgan fingerprint density at radius 1 is 0.900 bits per heavy atom. The van der Waals surface area contributed by atoms with Gasteiger partial charge in [0.15, 0.2) is 0 Å². The maximum Gasteiger partial charge on any atom is 0.282 e. The number of hydrogen-bond donors (Lipinski definition) is 0. The van der Waals surface area contributed by atoms with Gasteiger partial charge < -0.3 is 0 Å². The van der Waals surface area contributed by atoms with E-state index in [-0.39, 0.29) is 5.56 Å². The molecule has 3 heteroatoms. The number of benzene rings is 1. The Hall–Kier alpha value is -1.51. The van der Waals surface area contributed by atoms with Gasteiger partial charge in [-0.15, -0.1) is 0 Å². The summed E-state index contributed by atoms with van der Waals surface area (Å²) in [4.78, 5) is 4.04. The third-order valence-electron chi connectivity index (χ3n) is 3.58. The number of pyridine rings is 1. The lowest BCUT2D eigenvalue weighted by Crippen LogP contribution is -2.33. The topological polar surface area (TPSA) is 12.9 Å². The van der Waals surface area contributed by atoms with E-state index < -0.39 is 11.3 Å². The fraction of sp³-hybridized carbons (Fsp3) is 0.471. The molecule has 0 N–H and O–H groups in total. The number of halogens is 2. The predicted molar refractivity (Wildman–Crippen MR) is 81.4 cm³/mol. The van der Waals surface area contributed by atoms with Crippen LogP contribution in [0.5, 0.6) is 0 Å². The second kappa shape index (κ2) is 5.86. The molecule has 110 valence electrons. The van der Waals surface area contributed by atoms with Crippen LogP contribution in [0, 0.1) is 0 Å². The highest BCUT2D eigenvalue weighted by Gasteiger charge is 2.55. The van der Waals surface area contributed by atoms with E-state index in [1.54, 1.807) is 32.3 Å². The van der Waals surface area contributed by atoms with E-state index in [2.05, 4.69) is 4.98 Å². The van der Waals surface area contributed by atoms with Crippen molar-refractivity contribution >= 4 is 10.8 Å². The van der Waals surface area contributed by atoms with Crippen molar-refractivity contribution in [1.82, 2.24) is 4.98 Å². The summed E-state index contributed by atoms with van der Waals surface area (Å²) < 4.78 is 28.5. The fourth-order valence-electron chi connectivity index (χ4n) is 2.48. The largest absolute Gasteiger partial charge is 0.282 e. The Labute approximate surface area is 120 Å². The van der Waals surface area contributed by atoms with Crippen LogP contribution in [0.1, 0.15) is 52.7 Å². The normalized spacial score (nSPS) is 16.8. The van der Waals surface area contributed by atoms with Gasteiger partial charge >= 0.3 is 0 Å². The molecule has 20 heavy (non-hydrogen) atoms. The van der Waals surface area contributed by atoms with Crippen molar-refractivity contribution in [3.8, 4) is 0 Å². The lowest BCUT2D eigenvalue weighted by Gasteiger charge is -2.28. The van der Waals surface area contributed by atoms with Gasteiger partial charge in [0.05, 0.1) is 5.41 Å². The first-order valence-electron chi connectivity index (χ1n) is 7.22. The third-order valence-corrected chi connectivity index (χ3v) is 3.58. The minimum absolute atomic E-state index is 0.132. The van der Waals surface area contributed by atoms with Gasteiger partial charge in [-0.3, -0.25) is 4.98 Å². The third kappa shape index (κ3) is 2.09. The summed E-state index contributed by atoms with van der Waals surface area (Å²) in [6, 6.07) is 5.01. The van der Waals surface area contributed by atoms with E-state index in [1.807, 2.05) is 33.8 Å². The van der Waals surface area contributed by atoms with E-state index in [1.165, 1.54) is 6.07 Å². The minimum Gasteiger partial charge on any atom is -0.264 e. The molecule has 0 spiro atoms. The molecule has 0 radical (unpaired) electrons. The van der Waals surface area contributed by atoms with Crippen molar-refractivity contribution in [1.29, 1.82) is 0 Å². The molecule has 3 rings (SSSR count). The molecule has 0 saturated carbocycles. The van der Waals surface area contributed by atoms with Crippen LogP contribution in [0.2, 0.25) is 0 Å². The molecule has 0 saturated heterocycles. The highest BCUT2D eigenvalue weighted by molar-refractivity contribution is 5.92. The van der Waals surface area contributed by atoms with Gasteiger partial charge in [-0.2, -0.15) is 0 Å². The first kappa shape index (κ1) is 16.5. The molecular formula is C17H23F2N. The number of alkyl halides is 2. The van der Waals surface area contributed by atoms with Gasteiger partial charge in [0, 0.05) is 23.3 Å². The number of hydrogen-bond acceptors (Lipinski definition) is 1. The van der Waals surface area contributed by atoms with Crippen molar-refractivity contribution in [2.45, 2.75) is 52.9 Å². The van der Waals surface area contributed by atoms with Gasteiger partial charge in [-0.25, -0.2) is 8.78 Å². The van der Waals surface area contributed by atoms with E-state index >= 15 is 0 Å². The first-order valence-corrected chi connectivity index (χ1v) is 7.22. The van der Waals surface area contributed by atoms with Gasteiger partial charge in [-0.05, 0) is 24.8 Å². The van der Waals surface area contributed by atoms with Crippen molar-refractivity contribution in [3.05, 3.63) is 41.7 Å². The van der Waals surface area contributed by atoms with Crippen LogP contribution in [0.3, 0.4) is 0 Å². The Kier molecular flexibility index (Phi) is 4.85. The quantitative estimate of drug-likeness (QED) is 0.605. The van der Waals surface area contributed by atoms with Gasteiger partial charge in [0.1, 0.15) is 0 Å². The molecule has 1 aliphatic carbocycles. The fourth-order valence-corrected chi connectivity index (χ4v) is 2.48. The summed E-state index contributed by atoms with van der Waals surface area (Å²) in [7, 11) is 0. The maximum absolute atomic E-state index is 14.3. The van der Waals surface area contributed by atoms with Crippen molar-refractivity contribution in [2.75, 3.05) is 0 Å². The van der Waals surface area contributed by atoms with Crippen LogP contribution in [-0.2, 0) is 11.3 Å². The standard InChI is InChI=1S/C13H11F2N.2C2H6/c1-12(2)10-7-16-6-8-4-3-5-9(11(8)10)13(12,14)15;2*1-2/h3-7H,1-2H3;2*1-2H3. The summed E-state index contributed by atoms with van der Waals surface area (Å²) >= 11 is 0. The van der Waals surface area contributed by atoms with Gasteiger partial charge in [0.25, 0.3) is 5.92 Å². The van der Waals surface area contributed by atoms with Crippen LogP contribution in [-0.4, -0.2) is 4.98 Å². The molecule has 1 aromatic heterocycles. The number of nitrogens with zero attached hydrogens (tertiary/aromatic N) is 1. The van der Waals surface area contributed by atoms with Gasteiger partial charge in [0.2, 0.25) is 0 Å². The molecule has 1 aromatic carbocycles. The highest BCUT2D eigenvalue weighted by atomic mass is 19.3. The second-order valence-corrected chi connectivity index (χ2v) is 4.79. The predicted octanol–water partition coefficient (Wildman–Crippen LogP) is 5.67. The van der Waals surface area contributed by atoms with E-state index in [0.717, 1.165) is 5.39 Å². The zero-order valence-electron chi connectivity index (χ0n) is 13.1. The van der Waals surface area contributed by atoms with E-state index in [0.29, 0.717) is 10.9 Å². The molecule has 1 heterocycles. The summed E-state index contributed by atoms with van der Waals surface area (Å²) in [6.07, 6.45) is 3.20. The highest BCUT2D eigenvalue weighted by Crippen LogP contribution is 2.55. The molecule has 1 nitrogen and oxygen atoms in total. The summed E-state index contributed by atoms with van der Waals surface area (Å²) in [5.74, 6) is -2.82. The molecule has 0 unspecified atom stereocenters. The first-order chi connectivity index (χ1) is 9.46. The van der Waals surface area contributed by atoms with Crippen molar-refractivity contribution in [3.63, 3.8) is 0 Å². The lowest BCUT2D eigenvalue weighted by atomic mass is 9.83. The molecule has 0 bridgehead atoms. The molecule has 0 fully saturated rings. The van der Waals surface area contributed by atoms with Crippen LogP contribution in [0.15, 0.2) is 30.6 Å². The smallest absolute Gasteiger partial charge is 0.264 e. The molecule has 1 aliphatic rings. The average molecular weight is 279 g/mol. The molecule has 2 aromatic rings. The monoisotopic (exact) mass is 279 g/mol. The molecule has 0 aliphatic heterocycles. The molecular weight excluding hydrogens is 256 g/mol. The second-order valence-electron chi connectivity index (χ2n) is 4.79. The molecule has 0 atom stereocenters. The lowest BCUT2D eigenvalue weighted by molar-refractivity contribution is -0.0645. The summed E-state index contributed by atoms with van der Waals surface area (Å²) in [5, 5.41) is 1.47. The van der Waals surface area contributed by atoms with Crippen LogP contribution in [0.4, 0.5) is 8.78 Å². The zero-order valence-corrected chi connectivity index (χ0v) is 13.1. The Morgan fingerprint density at radius 3 is 2.10 bits per heavy atom. The summed E-state index contributed by atoms with van der Waals surface area (Å²) in [5.41, 5.74) is -0.401. The average Bonchev–Trinajstić information content (AvgIpc) is 2.64. The number of rotatable bonds is 0. The Bertz CT molecular complexity index is 540. The van der Waals surface area contributed by atoms with Crippen molar-refractivity contribution in [2.24, 2.45) is 0 Å². The Balaban J connectivity index is 0.000000461. The minimum atomic E-state index is -2.82. The Morgan fingerprint density at radius 2 is 1.50 bits per heavy atom. The van der Waals surface area contributed by atoms with E-state index in [9.17, 15) is 8.78 Å². The molecule has 0 amide bonds. The van der Waals surface area contributed by atoms with E-state index in [4.69, 9.17) is 0 Å².